The van der Waals surface area contributed by atoms with E-state index in [1.165, 1.54) is 17.4 Å². The monoisotopic (exact) mass is 542 g/mol. The number of Topliss-reactive ketones (excluding diaryl/α,β-unsaturated/α-hetero) is 1. The van der Waals surface area contributed by atoms with Gasteiger partial charge in [-0.1, -0.05) is 29.8 Å². The summed E-state index contributed by atoms with van der Waals surface area (Å²) in [6.45, 7) is 0. The van der Waals surface area contributed by atoms with Gasteiger partial charge in [0.05, 0.1) is 10.7 Å². The summed E-state index contributed by atoms with van der Waals surface area (Å²) < 4.78 is 32.6. The normalized spacial score (nSPS) is 19.7. The minimum atomic E-state index is -1.22. The van der Waals surface area contributed by atoms with Crippen LogP contribution in [0.4, 0.5) is 8.78 Å². The number of amides is 1. The average molecular weight is 543 g/mol. The molecule has 10 heteroatoms. The van der Waals surface area contributed by atoms with Gasteiger partial charge in [0.2, 0.25) is 11.8 Å². The lowest BCUT2D eigenvalue weighted by molar-refractivity contribution is -0.133. The van der Waals surface area contributed by atoms with Crippen molar-refractivity contribution in [1.82, 2.24) is 10.3 Å². The third-order valence-corrected chi connectivity index (χ3v) is 8.12. The number of rotatable bonds is 6. The molecular formula is C26H17ClF2N2O3S2. The Kier molecular flexibility index (Phi) is 6.79. The second kappa shape index (κ2) is 10.0. The van der Waals surface area contributed by atoms with Gasteiger partial charge in [0, 0.05) is 23.4 Å². The maximum absolute atomic E-state index is 13.6. The van der Waals surface area contributed by atoms with Crippen molar-refractivity contribution < 1.29 is 23.1 Å². The molecular weight excluding hydrogens is 526 g/mol. The number of carbonyl (C=O) groups is 2. The second-order valence-corrected chi connectivity index (χ2v) is 10.4. The van der Waals surface area contributed by atoms with Crippen LogP contribution in [0.15, 0.2) is 82.4 Å². The summed E-state index contributed by atoms with van der Waals surface area (Å²) in [5, 5.41) is 6.21. The third kappa shape index (κ3) is 4.74. The molecule has 1 fully saturated rings. The molecule has 2 aromatic heterocycles. The fourth-order valence-corrected chi connectivity index (χ4v) is 5.93. The Morgan fingerprint density at radius 1 is 1.06 bits per heavy atom. The molecule has 0 spiro atoms. The van der Waals surface area contributed by atoms with Crippen LogP contribution in [0.25, 0.3) is 0 Å². The SMILES string of the molecule is O=C1CC(c2ccsc2)(c2cccc(Oc3ccc(F)c(F)c3)n2)NC(=O)C1Sc1ccccc1Cl. The average Bonchev–Trinajstić information content (AvgIpc) is 3.41. The van der Waals surface area contributed by atoms with Crippen LogP contribution in [-0.2, 0) is 15.1 Å². The Balaban J connectivity index is 1.48. The number of nitrogens with one attached hydrogen (secondary N) is 1. The number of nitrogens with zero attached hydrogens (tertiary/aromatic N) is 1. The van der Waals surface area contributed by atoms with E-state index in [-0.39, 0.29) is 23.8 Å². The number of ether oxygens (including phenoxy) is 1. The van der Waals surface area contributed by atoms with E-state index in [1.54, 1.807) is 42.5 Å². The fraction of sp³-hybridized carbons (Fsp3) is 0.115. The van der Waals surface area contributed by atoms with Crippen molar-refractivity contribution in [3.8, 4) is 11.6 Å². The summed E-state index contributed by atoms with van der Waals surface area (Å²) in [4.78, 5) is 31.9. The van der Waals surface area contributed by atoms with Crippen LogP contribution in [0.3, 0.4) is 0 Å². The number of carbonyl (C=O) groups excluding carboxylic acids is 2. The van der Waals surface area contributed by atoms with Crippen LogP contribution < -0.4 is 10.1 Å². The molecule has 5 nitrogen and oxygen atoms in total. The van der Waals surface area contributed by atoms with Gasteiger partial charge in [-0.15, -0.1) is 11.8 Å². The van der Waals surface area contributed by atoms with Crippen molar-refractivity contribution in [2.24, 2.45) is 0 Å². The van der Waals surface area contributed by atoms with Crippen LogP contribution in [0.1, 0.15) is 17.7 Å². The van der Waals surface area contributed by atoms with E-state index in [0.717, 1.165) is 23.9 Å². The van der Waals surface area contributed by atoms with E-state index in [2.05, 4.69) is 10.3 Å². The molecule has 0 bridgehead atoms. The highest BCUT2D eigenvalue weighted by Crippen LogP contribution is 2.41. The molecule has 2 aromatic carbocycles. The Labute approximate surface area is 218 Å². The first kappa shape index (κ1) is 24.4. The number of piperidine rings is 1. The third-order valence-electron chi connectivity index (χ3n) is 5.68. The van der Waals surface area contributed by atoms with Crippen molar-refractivity contribution >= 4 is 46.4 Å². The highest BCUT2D eigenvalue weighted by Gasteiger charge is 2.48. The number of thioether (sulfide) groups is 1. The minimum Gasteiger partial charge on any atom is -0.439 e. The van der Waals surface area contributed by atoms with Crippen molar-refractivity contribution in [3.05, 3.63) is 105 Å². The largest absolute Gasteiger partial charge is 0.439 e. The molecule has 0 saturated carbocycles. The molecule has 1 amide bonds. The molecule has 182 valence electrons. The van der Waals surface area contributed by atoms with Crippen molar-refractivity contribution in [2.75, 3.05) is 0 Å². The number of thiophene rings is 1. The lowest BCUT2D eigenvalue weighted by Crippen LogP contribution is -2.58. The molecule has 5 rings (SSSR count). The molecule has 3 heterocycles. The number of hydrogen-bond acceptors (Lipinski definition) is 6. The molecule has 2 atom stereocenters. The van der Waals surface area contributed by atoms with E-state index in [0.29, 0.717) is 21.2 Å². The first-order chi connectivity index (χ1) is 17.4. The van der Waals surface area contributed by atoms with Crippen molar-refractivity contribution in [1.29, 1.82) is 0 Å². The van der Waals surface area contributed by atoms with E-state index < -0.39 is 28.3 Å². The lowest BCUT2D eigenvalue weighted by Gasteiger charge is -2.39. The van der Waals surface area contributed by atoms with Crippen LogP contribution in [0, 0.1) is 11.6 Å². The molecule has 1 aliphatic rings. The summed E-state index contributed by atoms with van der Waals surface area (Å²) >= 11 is 8.77. The Morgan fingerprint density at radius 3 is 2.61 bits per heavy atom. The van der Waals surface area contributed by atoms with Crippen LogP contribution in [0.5, 0.6) is 11.6 Å². The Bertz CT molecular complexity index is 1430. The summed E-state index contributed by atoms with van der Waals surface area (Å²) in [5.74, 6) is -2.62. The summed E-state index contributed by atoms with van der Waals surface area (Å²) in [5.41, 5.74) is -0.143. The fourth-order valence-electron chi connectivity index (χ4n) is 3.96. The van der Waals surface area contributed by atoms with E-state index in [1.807, 2.05) is 16.8 Å². The minimum absolute atomic E-state index is 0.0424. The van der Waals surface area contributed by atoms with E-state index in [4.69, 9.17) is 16.3 Å². The van der Waals surface area contributed by atoms with Gasteiger partial charge >= 0.3 is 0 Å². The van der Waals surface area contributed by atoms with E-state index >= 15 is 0 Å². The first-order valence-electron chi connectivity index (χ1n) is 10.7. The zero-order valence-corrected chi connectivity index (χ0v) is 20.8. The predicted molar refractivity (Wildman–Crippen MR) is 135 cm³/mol. The van der Waals surface area contributed by atoms with Gasteiger partial charge in [0.1, 0.15) is 16.5 Å². The van der Waals surface area contributed by atoms with Gasteiger partial charge < -0.3 is 10.1 Å². The summed E-state index contributed by atoms with van der Waals surface area (Å²) in [6, 6.07) is 16.9. The van der Waals surface area contributed by atoms with Crippen LogP contribution >= 0.6 is 34.7 Å². The van der Waals surface area contributed by atoms with Crippen molar-refractivity contribution in [2.45, 2.75) is 22.1 Å². The molecule has 1 saturated heterocycles. The topological polar surface area (TPSA) is 68.3 Å². The molecule has 2 unspecified atom stereocenters. The van der Waals surface area contributed by atoms with Gasteiger partial charge in [-0.2, -0.15) is 11.3 Å². The molecule has 1 N–H and O–H groups in total. The quantitative estimate of drug-likeness (QED) is 0.287. The van der Waals surface area contributed by atoms with Crippen molar-refractivity contribution in [3.63, 3.8) is 0 Å². The molecule has 36 heavy (non-hydrogen) atoms. The number of benzene rings is 2. The maximum atomic E-state index is 13.6. The predicted octanol–water partition coefficient (Wildman–Crippen LogP) is 6.36. The molecule has 4 aromatic rings. The summed E-state index contributed by atoms with van der Waals surface area (Å²) in [6.07, 6.45) is -0.0424. The number of ketones is 1. The highest BCUT2D eigenvalue weighted by atomic mass is 35.5. The smallest absolute Gasteiger partial charge is 0.242 e. The lowest BCUT2D eigenvalue weighted by atomic mass is 9.79. The first-order valence-corrected chi connectivity index (χ1v) is 12.9. The van der Waals surface area contributed by atoms with Gasteiger partial charge in [0.25, 0.3) is 0 Å². The standard InChI is InChI=1S/C26H17ClF2N2O3S2/c27-17-4-1-2-5-21(17)36-24-20(32)13-26(31-25(24)33,15-10-11-35-14-15)22-6-3-7-23(30-22)34-16-8-9-18(28)19(29)12-16/h1-12,14,24H,13H2,(H,31,33). The van der Waals surface area contributed by atoms with Gasteiger partial charge in [-0.25, -0.2) is 13.8 Å². The highest BCUT2D eigenvalue weighted by molar-refractivity contribution is 8.01. The number of aromatic nitrogens is 1. The Hall–Kier alpha value is -3.27. The number of hydrogen-bond donors (Lipinski definition) is 1. The second-order valence-electron chi connectivity index (χ2n) is 8.02. The Morgan fingerprint density at radius 2 is 1.89 bits per heavy atom. The number of halogens is 3. The zero-order valence-electron chi connectivity index (χ0n) is 18.4. The maximum Gasteiger partial charge on any atom is 0.242 e. The zero-order chi connectivity index (χ0) is 25.3. The molecule has 0 radical (unpaired) electrons. The van der Waals surface area contributed by atoms with Gasteiger partial charge in [-0.05, 0) is 52.7 Å². The van der Waals surface area contributed by atoms with Crippen LogP contribution in [0.2, 0.25) is 5.02 Å². The number of pyridine rings is 1. The van der Waals surface area contributed by atoms with Gasteiger partial charge in [0.15, 0.2) is 17.4 Å². The molecule has 1 aliphatic heterocycles. The van der Waals surface area contributed by atoms with Gasteiger partial charge in [-0.3, -0.25) is 9.59 Å². The van der Waals surface area contributed by atoms with E-state index in [9.17, 15) is 18.4 Å². The summed E-state index contributed by atoms with van der Waals surface area (Å²) in [7, 11) is 0. The molecule has 0 aliphatic carbocycles. The van der Waals surface area contributed by atoms with Crippen LogP contribution in [-0.4, -0.2) is 21.9 Å².